The summed E-state index contributed by atoms with van der Waals surface area (Å²) < 4.78 is 11.4. The van der Waals surface area contributed by atoms with Crippen LogP contribution < -0.4 is 4.74 Å². The van der Waals surface area contributed by atoms with Gasteiger partial charge in [0.25, 0.3) is 0 Å². The van der Waals surface area contributed by atoms with Crippen LogP contribution in [0.25, 0.3) is 5.57 Å². The number of fused-ring (bicyclic) bond motifs is 1. The van der Waals surface area contributed by atoms with Gasteiger partial charge >= 0.3 is 0 Å². The summed E-state index contributed by atoms with van der Waals surface area (Å²) in [6.07, 6.45) is 1.52. The van der Waals surface area contributed by atoms with Crippen LogP contribution in [0.2, 0.25) is 0 Å². The first-order chi connectivity index (χ1) is 16.7. The topological polar surface area (TPSA) is 59.0 Å². The fourth-order valence-electron chi connectivity index (χ4n) is 4.71. The van der Waals surface area contributed by atoms with Gasteiger partial charge in [-0.1, -0.05) is 36.4 Å². The third-order valence-corrected chi connectivity index (χ3v) is 6.56. The van der Waals surface area contributed by atoms with Crippen LogP contribution in [0, 0.1) is 0 Å². The first kappa shape index (κ1) is 22.4. The highest BCUT2D eigenvalue weighted by atomic mass is 16.5. The van der Waals surface area contributed by atoms with Gasteiger partial charge in [-0.25, -0.2) is 0 Å². The lowest BCUT2D eigenvalue weighted by atomic mass is 9.79. The van der Waals surface area contributed by atoms with Gasteiger partial charge in [0.1, 0.15) is 18.1 Å². The predicted octanol–water partition coefficient (Wildman–Crippen LogP) is 4.73. The molecule has 1 heterocycles. The number of Topliss-reactive ketones (excluding diaryl/α,β-unsaturated/α-hetero) is 1. The van der Waals surface area contributed by atoms with Crippen LogP contribution in [0.1, 0.15) is 33.5 Å². The number of hydrogen-bond donors (Lipinski definition) is 1. The molecule has 0 aromatic heterocycles. The number of carbonyl (C=O) groups is 1. The average molecular weight is 456 g/mol. The van der Waals surface area contributed by atoms with Crippen LogP contribution in [0.3, 0.4) is 0 Å². The Morgan fingerprint density at radius 3 is 2.41 bits per heavy atom. The summed E-state index contributed by atoms with van der Waals surface area (Å²) in [6, 6.07) is 22.9. The number of aryl methyl sites for hydroxylation is 1. The number of allylic oxidation sites excluding steroid dienone is 1. The number of ether oxygens (including phenoxy) is 2. The van der Waals surface area contributed by atoms with Crippen molar-refractivity contribution in [1.29, 1.82) is 0 Å². The highest BCUT2D eigenvalue weighted by molar-refractivity contribution is 6.15. The second-order valence-corrected chi connectivity index (χ2v) is 8.71. The molecule has 0 saturated carbocycles. The molecule has 0 unspecified atom stereocenters. The van der Waals surface area contributed by atoms with Crippen molar-refractivity contribution >= 4 is 11.4 Å². The van der Waals surface area contributed by atoms with Gasteiger partial charge < -0.3 is 14.6 Å². The monoisotopic (exact) mass is 455 g/mol. The maximum Gasteiger partial charge on any atom is 0.189 e. The van der Waals surface area contributed by atoms with Gasteiger partial charge in [-0.3, -0.25) is 9.69 Å². The number of aromatic hydroxyl groups is 1. The Hall–Kier alpha value is -3.41. The van der Waals surface area contributed by atoms with E-state index in [1.807, 2.05) is 30.3 Å². The second-order valence-electron chi connectivity index (χ2n) is 8.71. The number of nitrogens with zero attached hydrogens (tertiary/aromatic N) is 1. The van der Waals surface area contributed by atoms with Crippen LogP contribution >= 0.6 is 0 Å². The average Bonchev–Trinajstić information content (AvgIpc) is 2.89. The van der Waals surface area contributed by atoms with Crippen molar-refractivity contribution in [2.75, 3.05) is 39.5 Å². The summed E-state index contributed by atoms with van der Waals surface area (Å²) in [5.41, 5.74) is 5.76. The molecule has 0 amide bonds. The number of benzene rings is 3. The van der Waals surface area contributed by atoms with Gasteiger partial charge in [0, 0.05) is 30.8 Å². The number of phenolic OH excluding ortho intramolecular Hbond substituents is 1. The summed E-state index contributed by atoms with van der Waals surface area (Å²) in [4.78, 5) is 15.8. The summed E-state index contributed by atoms with van der Waals surface area (Å²) >= 11 is 0. The maximum atomic E-state index is 13.5. The fourth-order valence-corrected chi connectivity index (χ4v) is 4.71. The summed E-state index contributed by atoms with van der Waals surface area (Å²) in [6.45, 7) is 5.00. The Morgan fingerprint density at radius 1 is 0.912 bits per heavy atom. The molecule has 1 aliphatic carbocycles. The van der Waals surface area contributed by atoms with E-state index in [0.717, 1.165) is 67.3 Å². The Morgan fingerprint density at radius 2 is 1.65 bits per heavy atom. The molecular weight excluding hydrogens is 426 g/mol. The molecule has 5 nitrogen and oxygen atoms in total. The van der Waals surface area contributed by atoms with Gasteiger partial charge in [0.05, 0.1) is 13.2 Å². The van der Waals surface area contributed by atoms with E-state index in [1.54, 1.807) is 24.3 Å². The zero-order chi connectivity index (χ0) is 23.3. The summed E-state index contributed by atoms with van der Waals surface area (Å²) in [5, 5.41) is 9.63. The van der Waals surface area contributed by atoms with Gasteiger partial charge in [0.15, 0.2) is 5.78 Å². The molecule has 5 heteroatoms. The lowest BCUT2D eigenvalue weighted by Gasteiger charge is -2.26. The van der Waals surface area contributed by atoms with Gasteiger partial charge in [-0.2, -0.15) is 0 Å². The van der Waals surface area contributed by atoms with E-state index in [9.17, 15) is 9.90 Å². The molecule has 1 fully saturated rings. The molecule has 0 spiro atoms. The minimum Gasteiger partial charge on any atom is -0.508 e. The molecule has 3 aromatic carbocycles. The van der Waals surface area contributed by atoms with Gasteiger partial charge in [0.2, 0.25) is 0 Å². The van der Waals surface area contributed by atoms with E-state index in [1.165, 1.54) is 5.56 Å². The largest absolute Gasteiger partial charge is 0.508 e. The molecule has 1 N–H and O–H groups in total. The van der Waals surface area contributed by atoms with Crippen LogP contribution in [0.5, 0.6) is 11.5 Å². The molecule has 1 saturated heterocycles. The van der Waals surface area contributed by atoms with Gasteiger partial charge in [-0.15, -0.1) is 0 Å². The zero-order valence-corrected chi connectivity index (χ0v) is 19.2. The normalized spacial score (nSPS) is 16.2. The van der Waals surface area contributed by atoms with E-state index in [0.29, 0.717) is 18.6 Å². The number of hydrogen-bond acceptors (Lipinski definition) is 5. The lowest BCUT2D eigenvalue weighted by molar-refractivity contribution is 0.0322. The van der Waals surface area contributed by atoms with E-state index >= 15 is 0 Å². The van der Waals surface area contributed by atoms with Crippen LogP contribution in [-0.2, 0) is 11.2 Å². The van der Waals surface area contributed by atoms with E-state index in [4.69, 9.17) is 9.47 Å². The van der Waals surface area contributed by atoms with Crippen molar-refractivity contribution in [3.05, 3.63) is 101 Å². The quantitative estimate of drug-likeness (QED) is 0.522. The first-order valence-electron chi connectivity index (χ1n) is 11.9. The number of ketones is 1. The molecule has 5 rings (SSSR count). The second kappa shape index (κ2) is 10.2. The third-order valence-electron chi connectivity index (χ3n) is 6.56. The first-order valence-corrected chi connectivity index (χ1v) is 11.9. The minimum atomic E-state index is 0.00957. The fraction of sp³-hybridized carbons (Fsp3) is 0.276. The standard InChI is InChI=1S/C29H29NO4/c31-24-10-5-23(6-11-24)29(32)27-14-9-21-3-1-2-4-26(21)28(27)22-7-12-25(13-8-22)34-20-17-30-15-18-33-19-16-30/h1-8,10-13,31H,9,14-20H2. The van der Waals surface area contributed by atoms with Crippen LogP contribution in [-0.4, -0.2) is 55.2 Å². The summed E-state index contributed by atoms with van der Waals surface area (Å²) in [7, 11) is 0. The SMILES string of the molecule is O=C(C1=C(c2ccc(OCCN3CCOCC3)cc2)c2ccccc2CC1)c1ccc(O)cc1. The van der Waals surface area contributed by atoms with E-state index in [2.05, 4.69) is 23.1 Å². The van der Waals surface area contributed by atoms with Crippen LogP contribution in [0.15, 0.2) is 78.4 Å². The van der Waals surface area contributed by atoms with E-state index < -0.39 is 0 Å². The van der Waals surface area contributed by atoms with Crippen molar-refractivity contribution in [1.82, 2.24) is 4.90 Å². The zero-order valence-electron chi connectivity index (χ0n) is 19.2. The maximum absolute atomic E-state index is 13.5. The van der Waals surface area contributed by atoms with Crippen LogP contribution in [0.4, 0.5) is 0 Å². The number of carbonyl (C=O) groups excluding carboxylic acids is 1. The van der Waals surface area contributed by atoms with Crippen molar-refractivity contribution in [2.45, 2.75) is 12.8 Å². The molecule has 0 bridgehead atoms. The predicted molar refractivity (Wildman–Crippen MR) is 132 cm³/mol. The van der Waals surface area contributed by atoms with Crippen molar-refractivity contribution < 1.29 is 19.4 Å². The molecular formula is C29H29NO4. The van der Waals surface area contributed by atoms with Crippen molar-refractivity contribution in [2.24, 2.45) is 0 Å². The smallest absolute Gasteiger partial charge is 0.189 e. The minimum absolute atomic E-state index is 0.00957. The molecule has 2 aliphatic rings. The van der Waals surface area contributed by atoms with Crippen molar-refractivity contribution in [3.8, 4) is 11.5 Å². The molecule has 34 heavy (non-hydrogen) atoms. The third kappa shape index (κ3) is 4.91. The Bertz CT molecular complexity index is 1180. The lowest BCUT2D eigenvalue weighted by Crippen LogP contribution is -2.38. The highest BCUT2D eigenvalue weighted by Crippen LogP contribution is 2.38. The molecule has 3 aromatic rings. The molecule has 0 atom stereocenters. The molecule has 1 aliphatic heterocycles. The molecule has 174 valence electrons. The highest BCUT2D eigenvalue weighted by Gasteiger charge is 2.25. The van der Waals surface area contributed by atoms with Crippen molar-refractivity contribution in [3.63, 3.8) is 0 Å². The van der Waals surface area contributed by atoms with Gasteiger partial charge in [-0.05, 0) is 71.5 Å². The number of rotatable bonds is 7. The number of phenols is 1. The Kier molecular flexibility index (Phi) is 6.74. The summed E-state index contributed by atoms with van der Waals surface area (Å²) in [5.74, 6) is 0.993. The Labute approximate surface area is 200 Å². The Balaban J connectivity index is 1.40. The number of morpholine rings is 1. The molecule has 0 radical (unpaired) electrons. The van der Waals surface area contributed by atoms with E-state index in [-0.39, 0.29) is 11.5 Å².